The molecule has 1 aliphatic carbocycles. The summed E-state index contributed by atoms with van der Waals surface area (Å²) in [5.74, 6) is 2.73. The number of pyridine rings is 1. The summed E-state index contributed by atoms with van der Waals surface area (Å²) in [7, 11) is 0. The van der Waals surface area contributed by atoms with E-state index in [-0.39, 0.29) is 0 Å². The lowest BCUT2D eigenvalue weighted by Gasteiger charge is -2.31. The predicted octanol–water partition coefficient (Wildman–Crippen LogP) is 2.72. The zero-order chi connectivity index (χ0) is 14.1. The number of hydrogen-bond donors (Lipinski definition) is 0. The highest BCUT2D eigenvalue weighted by Gasteiger charge is 2.32. The van der Waals surface area contributed by atoms with Crippen LogP contribution < -0.4 is 0 Å². The largest absolute Gasteiger partial charge is 0.339 e. The topological polar surface area (TPSA) is 55.1 Å². The van der Waals surface area contributed by atoms with Crippen LogP contribution in [0.1, 0.15) is 54.8 Å². The number of nitrogens with zero attached hydrogens (tertiary/aromatic N) is 4. The summed E-state index contributed by atoms with van der Waals surface area (Å²) in [6.45, 7) is 3.14. The summed E-state index contributed by atoms with van der Waals surface area (Å²) >= 11 is 0. The predicted molar refractivity (Wildman–Crippen MR) is 77.8 cm³/mol. The summed E-state index contributed by atoms with van der Waals surface area (Å²) in [5.41, 5.74) is 1.32. The molecule has 1 aliphatic heterocycles. The second-order valence-corrected chi connectivity index (χ2v) is 6.19. The SMILES string of the molecule is c1cc(CN2CCC[C@@H](c3noc(C4CC4)n3)C2)ccn1. The Morgan fingerprint density at radius 2 is 2.00 bits per heavy atom. The van der Waals surface area contributed by atoms with Gasteiger partial charge in [-0.15, -0.1) is 0 Å². The van der Waals surface area contributed by atoms with E-state index >= 15 is 0 Å². The van der Waals surface area contributed by atoms with E-state index in [9.17, 15) is 0 Å². The highest BCUT2D eigenvalue weighted by atomic mass is 16.5. The average molecular weight is 284 g/mol. The minimum absolute atomic E-state index is 0.414. The third-order valence-corrected chi connectivity index (χ3v) is 4.41. The Balaban J connectivity index is 1.42. The molecule has 5 nitrogen and oxygen atoms in total. The minimum Gasteiger partial charge on any atom is -0.339 e. The van der Waals surface area contributed by atoms with Crippen LogP contribution in [0.3, 0.4) is 0 Å². The van der Waals surface area contributed by atoms with Crippen LogP contribution in [-0.2, 0) is 6.54 Å². The van der Waals surface area contributed by atoms with E-state index in [0.717, 1.165) is 37.8 Å². The van der Waals surface area contributed by atoms with Crippen LogP contribution in [-0.4, -0.2) is 33.1 Å². The molecule has 0 amide bonds. The molecule has 5 heteroatoms. The second-order valence-electron chi connectivity index (χ2n) is 6.19. The maximum absolute atomic E-state index is 5.41. The van der Waals surface area contributed by atoms with Gasteiger partial charge in [0.1, 0.15) is 0 Å². The van der Waals surface area contributed by atoms with E-state index in [0.29, 0.717) is 11.8 Å². The standard InChI is InChI=1S/C16H20N4O/c1-2-14(15-18-16(21-19-15)13-3-4-13)11-20(9-1)10-12-5-7-17-8-6-12/h5-8,13-14H,1-4,9-11H2/t14-/m1/s1. The number of aromatic nitrogens is 3. The van der Waals surface area contributed by atoms with Crippen LogP contribution in [0.15, 0.2) is 29.0 Å². The van der Waals surface area contributed by atoms with Gasteiger partial charge in [0.25, 0.3) is 0 Å². The molecular formula is C16H20N4O. The smallest absolute Gasteiger partial charge is 0.229 e. The van der Waals surface area contributed by atoms with Crippen LogP contribution in [0, 0.1) is 0 Å². The highest BCUT2D eigenvalue weighted by Crippen LogP contribution is 2.39. The number of rotatable bonds is 4. The van der Waals surface area contributed by atoms with Crippen LogP contribution in [0.2, 0.25) is 0 Å². The molecule has 1 saturated carbocycles. The summed E-state index contributed by atoms with van der Waals surface area (Å²) in [5, 5.41) is 4.22. The first kappa shape index (κ1) is 13.0. The van der Waals surface area contributed by atoms with Gasteiger partial charge in [0.05, 0.1) is 0 Å². The Morgan fingerprint density at radius 1 is 1.14 bits per heavy atom. The first-order valence-electron chi connectivity index (χ1n) is 7.83. The van der Waals surface area contributed by atoms with Crippen molar-refractivity contribution in [2.24, 2.45) is 0 Å². The first-order chi connectivity index (χ1) is 10.4. The van der Waals surface area contributed by atoms with Crippen LogP contribution in [0.5, 0.6) is 0 Å². The van der Waals surface area contributed by atoms with Gasteiger partial charge in [-0.25, -0.2) is 0 Å². The summed E-state index contributed by atoms with van der Waals surface area (Å²) in [6, 6.07) is 4.17. The van der Waals surface area contributed by atoms with Gasteiger partial charge in [0, 0.05) is 37.3 Å². The summed E-state index contributed by atoms with van der Waals surface area (Å²) in [4.78, 5) is 11.2. The van der Waals surface area contributed by atoms with E-state index < -0.39 is 0 Å². The highest BCUT2D eigenvalue weighted by molar-refractivity contribution is 5.10. The van der Waals surface area contributed by atoms with Crippen LogP contribution in [0.4, 0.5) is 0 Å². The molecule has 3 heterocycles. The Morgan fingerprint density at radius 3 is 2.81 bits per heavy atom. The fourth-order valence-electron chi connectivity index (χ4n) is 3.07. The van der Waals surface area contributed by atoms with E-state index in [1.807, 2.05) is 12.4 Å². The van der Waals surface area contributed by atoms with Gasteiger partial charge in [-0.1, -0.05) is 5.16 Å². The molecule has 1 saturated heterocycles. The van der Waals surface area contributed by atoms with E-state index in [1.165, 1.54) is 24.8 Å². The van der Waals surface area contributed by atoms with Crippen molar-refractivity contribution >= 4 is 0 Å². The van der Waals surface area contributed by atoms with Gasteiger partial charge >= 0.3 is 0 Å². The van der Waals surface area contributed by atoms with Gasteiger partial charge in [-0.05, 0) is 49.9 Å². The molecule has 0 bridgehead atoms. The first-order valence-corrected chi connectivity index (χ1v) is 7.83. The number of piperidine rings is 1. The quantitative estimate of drug-likeness (QED) is 0.864. The molecule has 0 N–H and O–H groups in total. The zero-order valence-corrected chi connectivity index (χ0v) is 12.1. The van der Waals surface area contributed by atoms with Gasteiger partial charge in [-0.3, -0.25) is 9.88 Å². The third-order valence-electron chi connectivity index (χ3n) is 4.41. The Labute approximate surface area is 124 Å². The lowest BCUT2D eigenvalue weighted by atomic mass is 9.97. The molecule has 0 aromatic carbocycles. The van der Waals surface area contributed by atoms with Crippen molar-refractivity contribution in [2.75, 3.05) is 13.1 Å². The third kappa shape index (κ3) is 2.97. The van der Waals surface area contributed by atoms with Crippen molar-refractivity contribution in [3.05, 3.63) is 41.8 Å². The molecule has 1 atom stereocenters. The molecule has 21 heavy (non-hydrogen) atoms. The van der Waals surface area contributed by atoms with Crippen LogP contribution >= 0.6 is 0 Å². The molecule has 0 spiro atoms. The molecule has 0 radical (unpaired) electrons. The fraction of sp³-hybridized carbons (Fsp3) is 0.562. The molecule has 110 valence electrons. The van der Waals surface area contributed by atoms with Crippen molar-refractivity contribution in [1.29, 1.82) is 0 Å². The lowest BCUT2D eigenvalue weighted by molar-refractivity contribution is 0.194. The Bertz CT molecular complexity index is 593. The molecule has 2 aromatic rings. The second kappa shape index (κ2) is 5.56. The van der Waals surface area contributed by atoms with Crippen molar-refractivity contribution in [3.8, 4) is 0 Å². The normalized spacial score (nSPS) is 23.3. The molecule has 2 fully saturated rings. The van der Waals surface area contributed by atoms with E-state index in [4.69, 9.17) is 4.52 Å². The maximum Gasteiger partial charge on any atom is 0.229 e. The molecule has 2 aliphatic rings. The fourth-order valence-corrected chi connectivity index (χ4v) is 3.07. The Kier molecular flexibility index (Phi) is 3.43. The molecular weight excluding hydrogens is 264 g/mol. The average Bonchev–Trinajstić information content (AvgIpc) is 3.26. The van der Waals surface area contributed by atoms with Crippen LogP contribution in [0.25, 0.3) is 0 Å². The number of hydrogen-bond acceptors (Lipinski definition) is 5. The van der Waals surface area contributed by atoms with Crippen molar-refractivity contribution in [1.82, 2.24) is 20.0 Å². The lowest BCUT2D eigenvalue weighted by Crippen LogP contribution is -2.34. The monoisotopic (exact) mass is 284 g/mol. The summed E-state index contributed by atoms with van der Waals surface area (Å²) < 4.78 is 5.41. The van der Waals surface area contributed by atoms with E-state index in [1.54, 1.807) is 0 Å². The van der Waals surface area contributed by atoms with Gasteiger partial charge < -0.3 is 4.52 Å². The number of likely N-dealkylation sites (tertiary alicyclic amines) is 1. The molecule has 2 aromatic heterocycles. The summed E-state index contributed by atoms with van der Waals surface area (Å²) in [6.07, 6.45) is 8.50. The van der Waals surface area contributed by atoms with Crippen molar-refractivity contribution in [2.45, 2.75) is 44.1 Å². The van der Waals surface area contributed by atoms with Gasteiger partial charge in [0.15, 0.2) is 5.82 Å². The van der Waals surface area contributed by atoms with Crippen molar-refractivity contribution in [3.63, 3.8) is 0 Å². The minimum atomic E-state index is 0.414. The zero-order valence-electron chi connectivity index (χ0n) is 12.1. The van der Waals surface area contributed by atoms with Gasteiger partial charge in [0.2, 0.25) is 5.89 Å². The van der Waals surface area contributed by atoms with Crippen molar-refractivity contribution < 1.29 is 4.52 Å². The molecule has 4 rings (SSSR count). The maximum atomic E-state index is 5.41. The molecule has 0 unspecified atom stereocenters. The van der Waals surface area contributed by atoms with E-state index in [2.05, 4.69) is 32.2 Å². The Hall–Kier alpha value is -1.75. The van der Waals surface area contributed by atoms with Gasteiger partial charge in [-0.2, -0.15) is 4.98 Å².